The van der Waals surface area contributed by atoms with Gasteiger partial charge in [-0.2, -0.15) is 0 Å². The molecule has 16 heavy (non-hydrogen) atoms. The summed E-state index contributed by atoms with van der Waals surface area (Å²) >= 11 is 0. The number of anilines is 1. The minimum absolute atomic E-state index is 0.215. The molecule has 1 aliphatic rings. The van der Waals surface area contributed by atoms with Crippen molar-refractivity contribution < 1.29 is 15.0 Å². The number of aromatic nitrogens is 2. The third-order valence-electron chi connectivity index (χ3n) is 2.59. The second kappa shape index (κ2) is 4.05. The SMILES string of the molecule is Cc1cnc(N2CC(O)CC2C(=O)O)nc1. The van der Waals surface area contributed by atoms with Crippen molar-refractivity contribution in [1.29, 1.82) is 0 Å². The lowest BCUT2D eigenvalue weighted by Crippen LogP contribution is -2.37. The highest BCUT2D eigenvalue weighted by molar-refractivity contribution is 5.78. The summed E-state index contributed by atoms with van der Waals surface area (Å²) in [4.78, 5) is 20.6. The van der Waals surface area contributed by atoms with E-state index in [0.717, 1.165) is 5.56 Å². The summed E-state index contributed by atoms with van der Waals surface area (Å²) in [5.74, 6) is -0.602. The average Bonchev–Trinajstić information content (AvgIpc) is 2.61. The first-order valence-corrected chi connectivity index (χ1v) is 5.04. The predicted molar refractivity (Wildman–Crippen MR) is 56.2 cm³/mol. The van der Waals surface area contributed by atoms with Gasteiger partial charge in [-0.15, -0.1) is 0 Å². The molecule has 2 atom stereocenters. The molecule has 2 rings (SSSR count). The van der Waals surface area contributed by atoms with Gasteiger partial charge in [-0.1, -0.05) is 0 Å². The maximum absolute atomic E-state index is 11.0. The largest absolute Gasteiger partial charge is 0.480 e. The van der Waals surface area contributed by atoms with Crippen molar-refractivity contribution in [1.82, 2.24) is 9.97 Å². The lowest BCUT2D eigenvalue weighted by Gasteiger charge is -2.20. The smallest absolute Gasteiger partial charge is 0.326 e. The van der Waals surface area contributed by atoms with E-state index < -0.39 is 18.1 Å². The summed E-state index contributed by atoms with van der Waals surface area (Å²) in [7, 11) is 0. The van der Waals surface area contributed by atoms with Gasteiger partial charge in [-0.25, -0.2) is 14.8 Å². The third kappa shape index (κ3) is 1.96. The van der Waals surface area contributed by atoms with Gasteiger partial charge in [0.15, 0.2) is 0 Å². The van der Waals surface area contributed by atoms with Crippen LogP contribution in [0.4, 0.5) is 5.95 Å². The highest BCUT2D eigenvalue weighted by Crippen LogP contribution is 2.22. The molecule has 0 bridgehead atoms. The van der Waals surface area contributed by atoms with Crippen molar-refractivity contribution in [2.24, 2.45) is 0 Å². The van der Waals surface area contributed by atoms with E-state index in [2.05, 4.69) is 9.97 Å². The number of carboxylic acids is 1. The van der Waals surface area contributed by atoms with E-state index in [1.807, 2.05) is 6.92 Å². The molecular formula is C10H13N3O3. The molecular weight excluding hydrogens is 210 g/mol. The van der Waals surface area contributed by atoms with Crippen LogP contribution in [0.3, 0.4) is 0 Å². The number of carboxylic acid groups (broad SMARTS) is 1. The summed E-state index contributed by atoms with van der Waals surface area (Å²) in [5, 5.41) is 18.5. The molecule has 0 aromatic carbocycles. The molecule has 1 saturated heterocycles. The van der Waals surface area contributed by atoms with Crippen LogP contribution in [0.25, 0.3) is 0 Å². The van der Waals surface area contributed by atoms with Crippen molar-refractivity contribution in [3.8, 4) is 0 Å². The Morgan fingerprint density at radius 1 is 1.50 bits per heavy atom. The molecule has 0 aliphatic carbocycles. The lowest BCUT2D eigenvalue weighted by molar-refractivity contribution is -0.138. The normalized spacial score (nSPS) is 24.8. The first-order valence-electron chi connectivity index (χ1n) is 5.04. The maximum Gasteiger partial charge on any atom is 0.326 e. The number of β-amino-alcohol motifs (C(OH)–C–C–N with tert-alkyl or cyclic N) is 1. The number of aliphatic carboxylic acids is 1. The van der Waals surface area contributed by atoms with Gasteiger partial charge in [-0.3, -0.25) is 0 Å². The Balaban J connectivity index is 2.25. The van der Waals surface area contributed by atoms with Gasteiger partial charge in [0.05, 0.1) is 6.10 Å². The van der Waals surface area contributed by atoms with E-state index in [-0.39, 0.29) is 13.0 Å². The summed E-state index contributed by atoms with van der Waals surface area (Å²) in [6.07, 6.45) is 2.84. The molecule has 2 unspecified atom stereocenters. The summed E-state index contributed by atoms with van der Waals surface area (Å²) in [6, 6.07) is -0.738. The second-order valence-corrected chi connectivity index (χ2v) is 3.96. The first kappa shape index (κ1) is 10.8. The number of nitrogens with zero attached hydrogens (tertiary/aromatic N) is 3. The number of hydrogen-bond donors (Lipinski definition) is 2. The Morgan fingerprint density at radius 3 is 2.69 bits per heavy atom. The molecule has 0 spiro atoms. The zero-order valence-electron chi connectivity index (χ0n) is 8.87. The number of rotatable bonds is 2. The lowest BCUT2D eigenvalue weighted by atomic mass is 10.2. The fourth-order valence-corrected chi connectivity index (χ4v) is 1.80. The summed E-state index contributed by atoms with van der Waals surface area (Å²) < 4.78 is 0. The molecule has 6 nitrogen and oxygen atoms in total. The Morgan fingerprint density at radius 2 is 2.12 bits per heavy atom. The minimum atomic E-state index is -0.958. The van der Waals surface area contributed by atoms with Crippen LogP contribution < -0.4 is 4.90 Å². The van der Waals surface area contributed by atoms with E-state index in [4.69, 9.17) is 5.11 Å². The molecule has 1 fully saturated rings. The first-order chi connectivity index (χ1) is 7.58. The van der Waals surface area contributed by atoms with Crippen LogP contribution in [0.1, 0.15) is 12.0 Å². The molecule has 1 aliphatic heterocycles. The van der Waals surface area contributed by atoms with Crippen LogP contribution in [0.2, 0.25) is 0 Å². The Bertz CT molecular complexity index is 393. The van der Waals surface area contributed by atoms with Gasteiger partial charge < -0.3 is 15.1 Å². The minimum Gasteiger partial charge on any atom is -0.480 e. The monoisotopic (exact) mass is 223 g/mol. The molecule has 2 N–H and O–H groups in total. The molecule has 1 aromatic rings. The van der Waals surface area contributed by atoms with Crippen molar-refractivity contribution in [2.45, 2.75) is 25.5 Å². The van der Waals surface area contributed by atoms with Crippen LogP contribution in [0.5, 0.6) is 0 Å². The predicted octanol–water partition coefficient (Wildman–Crippen LogP) is -0.191. The van der Waals surface area contributed by atoms with Crippen LogP contribution >= 0.6 is 0 Å². The number of hydrogen-bond acceptors (Lipinski definition) is 5. The van der Waals surface area contributed by atoms with E-state index in [1.165, 1.54) is 4.90 Å². The van der Waals surface area contributed by atoms with Crippen molar-refractivity contribution in [3.63, 3.8) is 0 Å². The highest BCUT2D eigenvalue weighted by atomic mass is 16.4. The molecule has 1 aromatic heterocycles. The van der Waals surface area contributed by atoms with Gasteiger partial charge in [0.1, 0.15) is 6.04 Å². The number of aryl methyl sites for hydroxylation is 1. The van der Waals surface area contributed by atoms with Gasteiger partial charge in [0.25, 0.3) is 0 Å². The number of aliphatic hydroxyl groups excluding tert-OH is 1. The average molecular weight is 223 g/mol. The fourth-order valence-electron chi connectivity index (χ4n) is 1.80. The van der Waals surface area contributed by atoms with Crippen molar-refractivity contribution in [2.75, 3.05) is 11.4 Å². The molecule has 0 amide bonds. The Hall–Kier alpha value is -1.69. The third-order valence-corrected chi connectivity index (χ3v) is 2.59. The van der Waals surface area contributed by atoms with E-state index >= 15 is 0 Å². The van der Waals surface area contributed by atoms with Gasteiger partial charge in [0, 0.05) is 25.4 Å². The van der Waals surface area contributed by atoms with Gasteiger partial charge in [-0.05, 0) is 12.5 Å². The van der Waals surface area contributed by atoms with Crippen LogP contribution in [-0.4, -0.2) is 44.8 Å². The molecule has 0 radical (unpaired) electrons. The number of aliphatic hydroxyl groups is 1. The Kier molecular flexibility index (Phi) is 2.74. The van der Waals surface area contributed by atoms with Crippen molar-refractivity contribution >= 4 is 11.9 Å². The topological polar surface area (TPSA) is 86.5 Å². The van der Waals surface area contributed by atoms with Crippen LogP contribution in [0, 0.1) is 6.92 Å². The Labute approximate surface area is 92.6 Å². The highest BCUT2D eigenvalue weighted by Gasteiger charge is 2.37. The zero-order chi connectivity index (χ0) is 11.7. The maximum atomic E-state index is 11.0. The van der Waals surface area contributed by atoms with Gasteiger partial charge >= 0.3 is 5.97 Å². The second-order valence-electron chi connectivity index (χ2n) is 3.96. The summed E-state index contributed by atoms with van der Waals surface area (Å²) in [5.41, 5.74) is 0.912. The molecule has 6 heteroatoms. The zero-order valence-corrected chi connectivity index (χ0v) is 8.87. The molecule has 86 valence electrons. The fraction of sp³-hybridized carbons (Fsp3) is 0.500. The summed E-state index contributed by atoms with van der Waals surface area (Å²) in [6.45, 7) is 2.12. The molecule has 2 heterocycles. The standard InChI is InChI=1S/C10H13N3O3/c1-6-3-11-10(12-4-6)13-5-7(14)2-8(13)9(15)16/h3-4,7-8,14H,2,5H2,1H3,(H,15,16). The van der Waals surface area contributed by atoms with Crippen molar-refractivity contribution in [3.05, 3.63) is 18.0 Å². The molecule has 0 saturated carbocycles. The van der Waals surface area contributed by atoms with E-state index in [1.54, 1.807) is 12.4 Å². The van der Waals surface area contributed by atoms with Gasteiger partial charge in [0.2, 0.25) is 5.95 Å². The van der Waals surface area contributed by atoms with E-state index in [9.17, 15) is 9.90 Å². The van der Waals surface area contributed by atoms with Crippen LogP contribution in [0.15, 0.2) is 12.4 Å². The van der Waals surface area contributed by atoms with E-state index in [0.29, 0.717) is 5.95 Å². The van der Waals surface area contributed by atoms with Crippen LogP contribution in [-0.2, 0) is 4.79 Å². The quantitative estimate of drug-likeness (QED) is 0.722. The number of carbonyl (C=O) groups is 1.